The zero-order chi connectivity index (χ0) is 31.8. The van der Waals surface area contributed by atoms with Gasteiger partial charge in [0.2, 0.25) is 10.0 Å². The molecule has 0 saturated carbocycles. The van der Waals surface area contributed by atoms with Crippen molar-refractivity contribution in [2.24, 2.45) is 5.92 Å². The zero-order valence-electron chi connectivity index (χ0n) is 26.4. The standard InChI is InChI=1S/C32H44N8O4S/c1-32(2,3)44-31(41)40-17-14-27(40)39-18-16-34-20-26(39)24-19-36-28(24)30-37-25-8-6-5-7-23(25)29(38-30)35-15-13-21-9-11-22(12-10-21)45(42,43)33-4/h5-12,24,26-28,33-34,36H,13-20H2,1-4H3,(H,35,37,38). The Morgan fingerprint density at radius 2 is 1.84 bits per heavy atom. The maximum atomic E-state index is 12.9. The van der Waals surface area contributed by atoms with Crippen LogP contribution in [0.25, 0.3) is 10.9 Å². The smallest absolute Gasteiger partial charge is 0.411 e. The summed E-state index contributed by atoms with van der Waals surface area (Å²) >= 11 is 0. The van der Waals surface area contributed by atoms with E-state index in [9.17, 15) is 13.2 Å². The number of nitrogens with zero attached hydrogens (tertiary/aromatic N) is 4. The number of nitrogens with one attached hydrogen (secondary N) is 4. The number of para-hydroxylation sites is 1. The summed E-state index contributed by atoms with van der Waals surface area (Å²) in [7, 11) is -2.06. The predicted molar refractivity (Wildman–Crippen MR) is 173 cm³/mol. The molecule has 0 aliphatic carbocycles. The van der Waals surface area contributed by atoms with Crippen molar-refractivity contribution in [2.45, 2.75) is 62.4 Å². The number of carbonyl (C=O) groups excluding carboxylic acids is 1. The molecule has 4 unspecified atom stereocenters. The van der Waals surface area contributed by atoms with Crippen molar-refractivity contribution in [1.82, 2.24) is 35.1 Å². The molecule has 6 rings (SSSR count). The molecule has 45 heavy (non-hydrogen) atoms. The minimum absolute atomic E-state index is 0.0146. The van der Waals surface area contributed by atoms with Crippen molar-refractivity contribution in [3.05, 3.63) is 59.9 Å². The average molecular weight is 637 g/mol. The van der Waals surface area contributed by atoms with E-state index in [4.69, 9.17) is 14.7 Å². The van der Waals surface area contributed by atoms with Gasteiger partial charge in [-0.3, -0.25) is 9.80 Å². The number of sulfonamides is 1. The number of carbonyl (C=O) groups is 1. The van der Waals surface area contributed by atoms with E-state index in [1.54, 1.807) is 12.1 Å². The van der Waals surface area contributed by atoms with Crippen LogP contribution in [0.1, 0.15) is 44.6 Å². The van der Waals surface area contributed by atoms with Gasteiger partial charge in [0, 0.05) is 56.6 Å². The molecule has 13 heteroatoms. The first-order chi connectivity index (χ1) is 21.5. The largest absolute Gasteiger partial charge is 0.444 e. The van der Waals surface area contributed by atoms with Crippen LogP contribution in [0.3, 0.4) is 0 Å². The summed E-state index contributed by atoms with van der Waals surface area (Å²) < 4.78 is 32.2. The molecule has 0 bridgehead atoms. The van der Waals surface area contributed by atoms with E-state index in [-0.39, 0.29) is 35.2 Å². The molecule has 0 radical (unpaired) electrons. The SMILES string of the molecule is CNS(=O)(=O)c1ccc(CCNc2nc(C3NCC3C3CNCCN3C3CCN3C(=O)OC(C)(C)C)nc3ccccc23)cc1. The fraction of sp³-hybridized carbons (Fsp3) is 0.531. The van der Waals surface area contributed by atoms with Gasteiger partial charge in [-0.15, -0.1) is 0 Å². The van der Waals surface area contributed by atoms with Crippen molar-refractivity contribution >= 4 is 32.8 Å². The Hall–Kier alpha value is -3.36. The fourth-order valence-corrected chi connectivity index (χ4v) is 7.15. The Labute approximate surface area is 265 Å². The van der Waals surface area contributed by atoms with Gasteiger partial charge in [0.05, 0.1) is 22.6 Å². The van der Waals surface area contributed by atoms with E-state index in [0.29, 0.717) is 19.5 Å². The van der Waals surface area contributed by atoms with Crippen LogP contribution in [0, 0.1) is 5.92 Å². The molecule has 0 spiro atoms. The summed E-state index contributed by atoms with van der Waals surface area (Å²) in [5.41, 5.74) is 1.38. The highest BCUT2D eigenvalue weighted by molar-refractivity contribution is 7.89. The van der Waals surface area contributed by atoms with Gasteiger partial charge in [0.25, 0.3) is 0 Å². The van der Waals surface area contributed by atoms with Crippen molar-refractivity contribution in [1.29, 1.82) is 0 Å². The number of rotatable bonds is 9. The van der Waals surface area contributed by atoms with E-state index in [2.05, 4.69) is 25.6 Å². The van der Waals surface area contributed by atoms with E-state index < -0.39 is 15.6 Å². The first-order valence-corrected chi connectivity index (χ1v) is 17.2. The Balaban J connectivity index is 1.17. The van der Waals surface area contributed by atoms with Crippen molar-refractivity contribution in [3.63, 3.8) is 0 Å². The lowest BCUT2D eigenvalue weighted by molar-refractivity contribution is -0.0901. The Kier molecular flexibility index (Phi) is 8.99. The highest BCUT2D eigenvalue weighted by Crippen LogP contribution is 2.37. The lowest BCUT2D eigenvalue weighted by atomic mass is 9.81. The summed E-state index contributed by atoms with van der Waals surface area (Å²) in [6.45, 7) is 10.5. The Morgan fingerprint density at radius 3 is 2.51 bits per heavy atom. The minimum atomic E-state index is -3.46. The fourth-order valence-electron chi connectivity index (χ4n) is 6.42. The lowest BCUT2D eigenvalue weighted by Crippen LogP contribution is -2.70. The van der Waals surface area contributed by atoms with E-state index >= 15 is 0 Å². The summed E-state index contributed by atoms with van der Waals surface area (Å²) in [6.07, 6.45) is 1.44. The molecule has 12 nitrogen and oxygen atoms in total. The number of ether oxygens (including phenoxy) is 1. The van der Waals surface area contributed by atoms with Crippen molar-refractivity contribution in [2.75, 3.05) is 51.6 Å². The number of piperazine rings is 1. The maximum absolute atomic E-state index is 12.9. The molecule has 3 fully saturated rings. The van der Waals surface area contributed by atoms with Gasteiger partial charge in [0.1, 0.15) is 17.2 Å². The molecule has 3 aliphatic heterocycles. The summed E-state index contributed by atoms with van der Waals surface area (Å²) in [5.74, 6) is 1.82. The molecule has 1 aromatic heterocycles. The third-order valence-electron chi connectivity index (χ3n) is 8.93. The van der Waals surface area contributed by atoms with Crippen LogP contribution in [0.5, 0.6) is 0 Å². The molecule has 4 heterocycles. The Morgan fingerprint density at radius 1 is 1.07 bits per heavy atom. The van der Waals surface area contributed by atoms with Gasteiger partial charge in [-0.2, -0.15) is 0 Å². The normalized spacial score (nSPS) is 24.1. The lowest BCUT2D eigenvalue weighted by Gasteiger charge is -2.55. The number of amides is 1. The highest BCUT2D eigenvalue weighted by Gasteiger charge is 2.48. The van der Waals surface area contributed by atoms with Crippen LogP contribution in [0.15, 0.2) is 53.4 Å². The Bertz CT molecular complexity index is 1630. The van der Waals surface area contributed by atoms with Crippen molar-refractivity contribution < 1.29 is 17.9 Å². The van der Waals surface area contributed by atoms with Gasteiger partial charge < -0.3 is 20.7 Å². The van der Waals surface area contributed by atoms with Crippen LogP contribution in [-0.2, 0) is 21.2 Å². The molecule has 242 valence electrons. The second-order valence-electron chi connectivity index (χ2n) is 13.0. The second kappa shape index (κ2) is 12.8. The topological polar surface area (TPSA) is 141 Å². The summed E-state index contributed by atoms with van der Waals surface area (Å²) in [5, 5.41) is 11.7. The van der Waals surface area contributed by atoms with E-state index in [1.807, 2.05) is 62.1 Å². The van der Waals surface area contributed by atoms with Crippen LogP contribution in [-0.4, -0.2) is 98.4 Å². The predicted octanol–water partition coefficient (Wildman–Crippen LogP) is 2.69. The molecule has 1 amide bonds. The molecular weight excluding hydrogens is 592 g/mol. The summed E-state index contributed by atoms with van der Waals surface area (Å²) in [6, 6.07) is 15.2. The monoisotopic (exact) mass is 636 g/mol. The molecular formula is C32H44N8O4S. The van der Waals surface area contributed by atoms with Crippen molar-refractivity contribution in [3.8, 4) is 0 Å². The van der Waals surface area contributed by atoms with Crippen LogP contribution in [0.2, 0.25) is 0 Å². The number of hydrogen-bond acceptors (Lipinski definition) is 10. The number of benzene rings is 2. The van der Waals surface area contributed by atoms with Gasteiger partial charge >= 0.3 is 6.09 Å². The number of anilines is 1. The number of hydrogen-bond donors (Lipinski definition) is 4. The zero-order valence-corrected chi connectivity index (χ0v) is 27.2. The third-order valence-corrected chi connectivity index (χ3v) is 10.4. The van der Waals surface area contributed by atoms with E-state index in [1.165, 1.54) is 7.05 Å². The molecule has 4 N–H and O–H groups in total. The molecule has 3 saturated heterocycles. The molecule has 4 atom stereocenters. The van der Waals surface area contributed by atoms with Crippen LogP contribution >= 0.6 is 0 Å². The number of aromatic nitrogens is 2. The molecule has 2 aromatic carbocycles. The molecule has 3 aliphatic rings. The molecule has 3 aromatic rings. The number of fused-ring (bicyclic) bond motifs is 1. The van der Waals surface area contributed by atoms with Gasteiger partial charge in [0.15, 0.2) is 0 Å². The minimum Gasteiger partial charge on any atom is -0.444 e. The van der Waals surface area contributed by atoms with Gasteiger partial charge in [-0.1, -0.05) is 24.3 Å². The van der Waals surface area contributed by atoms with E-state index in [0.717, 1.165) is 60.7 Å². The van der Waals surface area contributed by atoms with Crippen LogP contribution < -0.4 is 20.7 Å². The number of likely N-dealkylation sites (tertiary alicyclic amines) is 1. The first-order valence-electron chi connectivity index (χ1n) is 15.8. The highest BCUT2D eigenvalue weighted by atomic mass is 32.2. The van der Waals surface area contributed by atoms with Gasteiger partial charge in [-0.25, -0.2) is 27.9 Å². The van der Waals surface area contributed by atoms with Crippen LogP contribution in [0.4, 0.5) is 10.6 Å². The maximum Gasteiger partial charge on any atom is 0.411 e. The van der Waals surface area contributed by atoms with Gasteiger partial charge in [-0.05, 0) is 70.5 Å². The third kappa shape index (κ3) is 6.77. The summed E-state index contributed by atoms with van der Waals surface area (Å²) in [4.78, 5) is 27.6. The average Bonchev–Trinajstić information content (AvgIpc) is 2.96. The quantitative estimate of drug-likeness (QED) is 0.277. The second-order valence-corrected chi connectivity index (χ2v) is 14.9. The first kappa shape index (κ1) is 31.6.